The van der Waals surface area contributed by atoms with Crippen molar-refractivity contribution in [1.29, 1.82) is 0 Å². The lowest BCUT2D eigenvalue weighted by molar-refractivity contribution is 0.153. The normalized spacial score (nSPS) is 17.4. The highest BCUT2D eigenvalue weighted by Crippen LogP contribution is 2.57. The summed E-state index contributed by atoms with van der Waals surface area (Å²) >= 11 is 0. The van der Waals surface area contributed by atoms with Gasteiger partial charge in [0.1, 0.15) is 11.6 Å². The fraction of sp³-hybridized carbons (Fsp3) is 0.0952. The number of ether oxygens (including phenoxy) is 1. The van der Waals surface area contributed by atoms with E-state index < -0.39 is 5.60 Å². The summed E-state index contributed by atoms with van der Waals surface area (Å²) in [6.07, 6.45) is 4.25. The first-order valence-electron chi connectivity index (χ1n) is 15.6. The quantitative estimate of drug-likeness (QED) is 0.204. The van der Waals surface area contributed by atoms with Crippen LogP contribution in [0.25, 0.3) is 50.1 Å². The van der Waals surface area contributed by atoms with E-state index in [4.69, 9.17) is 14.7 Å². The summed E-state index contributed by atoms with van der Waals surface area (Å²) in [6, 6.07) is 41.9. The Hall–Kier alpha value is -5.61. The number of hydrogen-bond acceptors (Lipinski definition) is 3. The Labute approximate surface area is 266 Å². The van der Waals surface area contributed by atoms with E-state index in [1.165, 1.54) is 34.4 Å². The lowest BCUT2D eigenvalue weighted by Crippen LogP contribution is -2.37. The molecule has 3 nitrogen and oxygen atoms in total. The molecule has 0 saturated heterocycles. The zero-order valence-electron chi connectivity index (χ0n) is 25.5. The molecule has 220 valence electrons. The van der Waals surface area contributed by atoms with Gasteiger partial charge in [0, 0.05) is 32.9 Å². The van der Waals surface area contributed by atoms with Crippen molar-refractivity contribution in [2.24, 2.45) is 0 Å². The predicted molar refractivity (Wildman–Crippen MR) is 183 cm³/mol. The summed E-state index contributed by atoms with van der Waals surface area (Å²) < 4.78 is 21.8. The zero-order valence-corrected chi connectivity index (χ0v) is 25.5. The molecule has 1 aromatic heterocycles. The highest BCUT2D eigenvalue weighted by molar-refractivity contribution is 6.08. The summed E-state index contributed by atoms with van der Waals surface area (Å²) in [5.41, 5.74) is 8.01. The first-order valence-corrected chi connectivity index (χ1v) is 15.6. The molecule has 2 heterocycles. The molecule has 0 N–H and O–H groups in total. The smallest absolute Gasteiger partial charge is 0.212 e. The number of benzene rings is 6. The van der Waals surface area contributed by atoms with E-state index in [1.807, 2.05) is 36.4 Å². The molecule has 1 aliphatic heterocycles. The van der Waals surface area contributed by atoms with E-state index in [2.05, 4.69) is 92.7 Å². The molecule has 1 aliphatic carbocycles. The second-order valence-electron chi connectivity index (χ2n) is 12.7. The Kier molecular flexibility index (Phi) is 5.64. The minimum absolute atomic E-state index is 0.246. The van der Waals surface area contributed by atoms with Gasteiger partial charge in [-0.25, -0.2) is 14.4 Å². The molecule has 0 bridgehead atoms. The Bertz CT molecular complexity index is 2380. The topological polar surface area (TPSA) is 35.0 Å². The van der Waals surface area contributed by atoms with Gasteiger partial charge in [-0.15, -0.1) is 0 Å². The van der Waals surface area contributed by atoms with Gasteiger partial charge in [0.05, 0.1) is 11.2 Å². The van der Waals surface area contributed by atoms with Gasteiger partial charge in [0.2, 0.25) is 5.60 Å². The van der Waals surface area contributed by atoms with Crippen molar-refractivity contribution in [2.45, 2.75) is 24.9 Å². The number of para-hydroxylation sites is 1. The van der Waals surface area contributed by atoms with Crippen molar-refractivity contribution in [1.82, 2.24) is 9.97 Å². The maximum Gasteiger partial charge on any atom is 0.212 e. The number of rotatable bonds is 3. The van der Waals surface area contributed by atoms with Crippen molar-refractivity contribution in [3.63, 3.8) is 0 Å². The fourth-order valence-corrected chi connectivity index (χ4v) is 7.56. The van der Waals surface area contributed by atoms with Crippen molar-refractivity contribution >= 4 is 27.8 Å². The van der Waals surface area contributed by atoms with Gasteiger partial charge in [0.15, 0.2) is 5.82 Å². The third kappa shape index (κ3) is 3.70. The predicted octanol–water partition coefficient (Wildman–Crippen LogP) is 10.2. The van der Waals surface area contributed by atoms with Crippen LogP contribution < -0.4 is 4.74 Å². The minimum Gasteiger partial charge on any atom is -0.469 e. The molecule has 4 heteroatoms. The fourth-order valence-electron chi connectivity index (χ4n) is 7.56. The third-order valence-electron chi connectivity index (χ3n) is 9.70. The van der Waals surface area contributed by atoms with Crippen molar-refractivity contribution in [3.8, 4) is 28.1 Å². The molecular weight excluding hydrogens is 567 g/mol. The second kappa shape index (κ2) is 9.69. The lowest BCUT2D eigenvalue weighted by Gasteiger charge is -2.37. The summed E-state index contributed by atoms with van der Waals surface area (Å²) in [6.45, 7) is 4.59. The molecular formula is C42H29FN2O. The molecule has 9 rings (SSSR count). The summed E-state index contributed by atoms with van der Waals surface area (Å²) in [5.74, 6) is 0.956. The molecule has 0 saturated carbocycles. The van der Waals surface area contributed by atoms with Crippen molar-refractivity contribution < 1.29 is 9.13 Å². The van der Waals surface area contributed by atoms with Crippen molar-refractivity contribution in [2.75, 3.05) is 0 Å². The van der Waals surface area contributed by atoms with E-state index in [-0.39, 0.29) is 11.2 Å². The molecule has 6 aromatic carbocycles. The highest BCUT2D eigenvalue weighted by Gasteiger charge is 2.45. The van der Waals surface area contributed by atoms with Gasteiger partial charge in [-0.1, -0.05) is 129 Å². The molecule has 1 atom stereocenters. The molecule has 2 aliphatic rings. The van der Waals surface area contributed by atoms with Crippen LogP contribution in [0.3, 0.4) is 0 Å². The number of hydrogen-bond donors (Lipinski definition) is 0. The summed E-state index contributed by atoms with van der Waals surface area (Å²) in [7, 11) is 0. The van der Waals surface area contributed by atoms with Crippen LogP contribution >= 0.6 is 0 Å². The number of nitrogens with zero attached hydrogens (tertiary/aromatic N) is 2. The average molecular weight is 597 g/mol. The Morgan fingerprint density at radius 1 is 0.652 bits per heavy atom. The maximum absolute atomic E-state index is 14.4. The Morgan fingerprint density at radius 2 is 1.33 bits per heavy atom. The first kappa shape index (κ1) is 26.8. The van der Waals surface area contributed by atoms with Crippen LogP contribution in [0.2, 0.25) is 0 Å². The number of fused-ring (bicyclic) bond motifs is 9. The first-order chi connectivity index (χ1) is 22.5. The van der Waals surface area contributed by atoms with E-state index >= 15 is 0 Å². The van der Waals surface area contributed by atoms with Crippen LogP contribution in [-0.4, -0.2) is 9.97 Å². The monoisotopic (exact) mass is 596 g/mol. The zero-order chi connectivity index (χ0) is 31.0. The van der Waals surface area contributed by atoms with Gasteiger partial charge < -0.3 is 4.74 Å². The number of aromatic nitrogens is 2. The minimum atomic E-state index is -1.22. The molecule has 0 fully saturated rings. The summed E-state index contributed by atoms with van der Waals surface area (Å²) in [5, 5.41) is 3.11. The standard InChI is InChI=1S/C42H29FN2O/c1-41(2)34-18-10-8-16-31(34)36-29-14-6-7-15-30(29)39-33(37(36)41)24-25-42(46-39,27-20-22-28(43)23-21-27)40-44-35-19-11-9-17-32(35)38(45-40)26-12-4-3-5-13-26/h3-25H,1-2H3. The van der Waals surface area contributed by atoms with Gasteiger partial charge >= 0.3 is 0 Å². The third-order valence-corrected chi connectivity index (χ3v) is 9.70. The Morgan fingerprint density at radius 3 is 2.13 bits per heavy atom. The molecule has 1 unspecified atom stereocenters. The van der Waals surface area contributed by atoms with E-state index in [9.17, 15) is 4.39 Å². The van der Waals surface area contributed by atoms with Crippen molar-refractivity contribution in [3.05, 3.63) is 167 Å². The second-order valence-corrected chi connectivity index (χ2v) is 12.7. The van der Waals surface area contributed by atoms with Gasteiger partial charge in [-0.3, -0.25) is 0 Å². The molecule has 7 aromatic rings. The van der Waals surface area contributed by atoms with E-state index in [0.29, 0.717) is 5.82 Å². The van der Waals surface area contributed by atoms with E-state index in [0.717, 1.165) is 49.8 Å². The molecule has 46 heavy (non-hydrogen) atoms. The van der Waals surface area contributed by atoms with Crippen LogP contribution in [0.4, 0.5) is 4.39 Å². The van der Waals surface area contributed by atoms with E-state index in [1.54, 1.807) is 12.1 Å². The van der Waals surface area contributed by atoms with Crippen LogP contribution in [0.5, 0.6) is 5.75 Å². The van der Waals surface area contributed by atoms with Gasteiger partial charge in [-0.2, -0.15) is 0 Å². The Balaban J connectivity index is 1.36. The number of halogens is 1. The van der Waals surface area contributed by atoms with Crippen LogP contribution in [-0.2, 0) is 11.0 Å². The average Bonchev–Trinajstić information content (AvgIpc) is 3.35. The molecule has 0 spiro atoms. The largest absolute Gasteiger partial charge is 0.469 e. The maximum atomic E-state index is 14.4. The lowest BCUT2D eigenvalue weighted by atomic mass is 9.77. The van der Waals surface area contributed by atoms with Crippen LogP contribution in [0.1, 0.15) is 41.9 Å². The molecule has 0 radical (unpaired) electrons. The van der Waals surface area contributed by atoms with Gasteiger partial charge in [-0.05, 0) is 51.9 Å². The van der Waals surface area contributed by atoms with Gasteiger partial charge in [0.25, 0.3) is 0 Å². The van der Waals surface area contributed by atoms with Crippen LogP contribution in [0, 0.1) is 5.82 Å². The summed E-state index contributed by atoms with van der Waals surface area (Å²) in [4.78, 5) is 10.4. The van der Waals surface area contributed by atoms with Crippen LogP contribution in [0.15, 0.2) is 133 Å². The molecule has 0 amide bonds. The SMILES string of the molecule is CC1(C)c2ccccc2-c2c1c1c(c3ccccc23)OC(c2ccc(F)cc2)(c2nc(-c3ccccc3)c3ccccc3n2)C=C1. The highest BCUT2D eigenvalue weighted by atomic mass is 19.1.